The van der Waals surface area contributed by atoms with E-state index in [2.05, 4.69) is 67.1 Å². The van der Waals surface area contributed by atoms with Gasteiger partial charge in [0.2, 0.25) is 0 Å². The summed E-state index contributed by atoms with van der Waals surface area (Å²) in [6, 6.07) is 6.13. The number of nitrogens with one attached hydrogen (secondary N) is 1. The Balaban J connectivity index is 2.27. The van der Waals surface area contributed by atoms with Gasteiger partial charge in [0.25, 0.3) is 0 Å². The van der Waals surface area contributed by atoms with Gasteiger partial charge in [0, 0.05) is 14.6 Å². The van der Waals surface area contributed by atoms with Crippen molar-refractivity contribution in [2.24, 2.45) is 0 Å². The normalized spacial score (nSPS) is 10.8. The van der Waals surface area contributed by atoms with Gasteiger partial charge in [-0.25, -0.2) is 4.68 Å². The van der Waals surface area contributed by atoms with E-state index in [1.807, 2.05) is 18.3 Å². The van der Waals surface area contributed by atoms with Crippen molar-refractivity contribution < 1.29 is 0 Å². The van der Waals surface area contributed by atoms with E-state index in [0.717, 1.165) is 28.9 Å². The highest BCUT2D eigenvalue weighted by molar-refractivity contribution is 14.1. The molecular weight excluding hydrogens is 395 g/mol. The molecule has 1 aromatic carbocycles. The zero-order valence-corrected chi connectivity index (χ0v) is 13.1. The molecular formula is C11H12BrIN4. The van der Waals surface area contributed by atoms with Crippen molar-refractivity contribution >= 4 is 38.5 Å². The molecule has 1 N–H and O–H groups in total. The highest BCUT2D eigenvalue weighted by Gasteiger charge is 2.06. The van der Waals surface area contributed by atoms with Gasteiger partial charge < -0.3 is 5.32 Å². The number of rotatable bonds is 4. The number of hydrogen-bond donors (Lipinski definition) is 1. The monoisotopic (exact) mass is 406 g/mol. The summed E-state index contributed by atoms with van der Waals surface area (Å²) < 4.78 is 3.97. The Kier molecular flexibility index (Phi) is 4.52. The van der Waals surface area contributed by atoms with Crippen molar-refractivity contribution in [3.05, 3.63) is 38.1 Å². The maximum atomic E-state index is 4.13. The van der Waals surface area contributed by atoms with Gasteiger partial charge in [0.05, 0.1) is 17.6 Å². The summed E-state index contributed by atoms with van der Waals surface area (Å²) in [6.45, 7) is 3.75. The van der Waals surface area contributed by atoms with Crippen LogP contribution in [0.5, 0.6) is 0 Å². The average molecular weight is 407 g/mol. The van der Waals surface area contributed by atoms with Gasteiger partial charge >= 0.3 is 0 Å². The second kappa shape index (κ2) is 5.92. The lowest BCUT2D eigenvalue weighted by Crippen LogP contribution is -2.11. The van der Waals surface area contributed by atoms with Crippen LogP contribution in [0.3, 0.4) is 0 Å². The Labute approximate surface area is 122 Å². The first-order valence-corrected chi connectivity index (χ1v) is 7.15. The van der Waals surface area contributed by atoms with Gasteiger partial charge in [-0.3, -0.25) is 0 Å². The largest absolute Gasteiger partial charge is 0.311 e. The van der Waals surface area contributed by atoms with Crippen molar-refractivity contribution in [2.75, 3.05) is 6.54 Å². The van der Waals surface area contributed by atoms with Crippen molar-refractivity contribution in [1.29, 1.82) is 0 Å². The quantitative estimate of drug-likeness (QED) is 0.794. The molecule has 17 heavy (non-hydrogen) atoms. The Hall–Kier alpha value is -0.470. The van der Waals surface area contributed by atoms with Crippen LogP contribution in [0.4, 0.5) is 0 Å². The number of hydrogen-bond acceptors (Lipinski definition) is 3. The summed E-state index contributed by atoms with van der Waals surface area (Å²) in [7, 11) is 0. The highest BCUT2D eigenvalue weighted by atomic mass is 127. The molecule has 0 unspecified atom stereocenters. The summed E-state index contributed by atoms with van der Waals surface area (Å²) in [5, 5.41) is 11.5. The maximum absolute atomic E-state index is 4.13. The minimum atomic E-state index is 0.748. The summed E-state index contributed by atoms with van der Waals surface area (Å²) in [5.74, 6) is 0. The van der Waals surface area contributed by atoms with Gasteiger partial charge in [-0.1, -0.05) is 12.1 Å². The van der Waals surface area contributed by atoms with Crippen LogP contribution in [0.2, 0.25) is 0 Å². The maximum Gasteiger partial charge on any atom is 0.0969 e. The van der Waals surface area contributed by atoms with Crippen molar-refractivity contribution in [3.63, 3.8) is 0 Å². The molecule has 0 radical (unpaired) electrons. The Morgan fingerprint density at radius 1 is 1.47 bits per heavy atom. The van der Waals surface area contributed by atoms with Crippen LogP contribution < -0.4 is 5.32 Å². The van der Waals surface area contributed by atoms with E-state index in [0.29, 0.717) is 0 Å². The molecule has 4 nitrogen and oxygen atoms in total. The molecule has 6 heteroatoms. The minimum absolute atomic E-state index is 0.748. The number of halogens is 2. The molecule has 2 rings (SSSR count). The molecule has 0 atom stereocenters. The fourth-order valence-corrected chi connectivity index (χ4v) is 2.31. The number of benzene rings is 1. The van der Waals surface area contributed by atoms with E-state index in [1.165, 1.54) is 3.57 Å². The van der Waals surface area contributed by atoms with Crippen LogP contribution in [0, 0.1) is 3.57 Å². The minimum Gasteiger partial charge on any atom is -0.311 e. The molecule has 0 aliphatic heterocycles. The molecule has 1 aromatic heterocycles. The van der Waals surface area contributed by atoms with E-state index in [4.69, 9.17) is 0 Å². The first kappa shape index (κ1) is 13.0. The molecule has 1 heterocycles. The second-order valence-corrected chi connectivity index (χ2v) is 5.63. The lowest BCUT2D eigenvalue weighted by molar-refractivity contribution is 0.705. The SMILES string of the molecule is CCNCc1cn(-c2cc(I)ccc2Br)nn1. The van der Waals surface area contributed by atoms with Crippen LogP contribution in [-0.2, 0) is 6.54 Å². The first-order valence-electron chi connectivity index (χ1n) is 5.28. The highest BCUT2D eigenvalue weighted by Crippen LogP contribution is 2.22. The lowest BCUT2D eigenvalue weighted by atomic mass is 10.3. The predicted molar refractivity (Wildman–Crippen MR) is 79.2 cm³/mol. The van der Waals surface area contributed by atoms with Crippen molar-refractivity contribution in [3.8, 4) is 5.69 Å². The van der Waals surface area contributed by atoms with E-state index in [-0.39, 0.29) is 0 Å². The Morgan fingerprint density at radius 2 is 2.29 bits per heavy atom. The summed E-state index contributed by atoms with van der Waals surface area (Å²) >= 11 is 5.81. The Bertz CT molecular complexity index is 512. The number of nitrogens with zero attached hydrogens (tertiary/aromatic N) is 3. The Morgan fingerprint density at radius 3 is 3.06 bits per heavy atom. The van der Waals surface area contributed by atoms with Crippen LogP contribution in [0.15, 0.2) is 28.9 Å². The summed E-state index contributed by atoms with van der Waals surface area (Å²) in [4.78, 5) is 0. The molecule has 0 saturated heterocycles. The lowest BCUT2D eigenvalue weighted by Gasteiger charge is -2.03. The van der Waals surface area contributed by atoms with Crippen LogP contribution in [-0.4, -0.2) is 21.5 Å². The van der Waals surface area contributed by atoms with Gasteiger partial charge in [-0.2, -0.15) is 0 Å². The third kappa shape index (κ3) is 3.26. The zero-order valence-electron chi connectivity index (χ0n) is 9.32. The predicted octanol–water partition coefficient (Wildman–Crippen LogP) is 2.74. The van der Waals surface area contributed by atoms with Crippen LogP contribution in [0.1, 0.15) is 12.6 Å². The van der Waals surface area contributed by atoms with Crippen molar-refractivity contribution in [2.45, 2.75) is 13.5 Å². The second-order valence-electron chi connectivity index (χ2n) is 3.53. The smallest absolute Gasteiger partial charge is 0.0969 e. The van der Waals surface area contributed by atoms with Gasteiger partial charge in [-0.15, -0.1) is 5.10 Å². The van der Waals surface area contributed by atoms with Crippen LogP contribution >= 0.6 is 38.5 Å². The van der Waals surface area contributed by atoms with Gasteiger partial charge in [0.15, 0.2) is 0 Å². The molecule has 0 spiro atoms. The third-order valence-corrected chi connectivity index (χ3v) is 3.59. The average Bonchev–Trinajstić information content (AvgIpc) is 2.78. The zero-order chi connectivity index (χ0) is 12.3. The summed E-state index contributed by atoms with van der Waals surface area (Å²) in [5.41, 5.74) is 1.95. The van der Waals surface area contributed by atoms with Gasteiger partial charge in [0.1, 0.15) is 0 Å². The molecule has 0 amide bonds. The third-order valence-electron chi connectivity index (χ3n) is 2.25. The fourth-order valence-electron chi connectivity index (χ4n) is 1.41. The van der Waals surface area contributed by atoms with E-state index >= 15 is 0 Å². The molecule has 0 saturated carbocycles. The van der Waals surface area contributed by atoms with E-state index < -0.39 is 0 Å². The topological polar surface area (TPSA) is 42.7 Å². The molecule has 90 valence electrons. The molecule has 0 aliphatic carbocycles. The number of aromatic nitrogens is 3. The van der Waals surface area contributed by atoms with Gasteiger partial charge in [-0.05, 0) is 63.3 Å². The first-order chi connectivity index (χ1) is 8.20. The fraction of sp³-hybridized carbons (Fsp3) is 0.273. The molecule has 2 aromatic rings. The van der Waals surface area contributed by atoms with E-state index in [9.17, 15) is 0 Å². The standard InChI is InChI=1S/C11H12BrIN4/c1-2-14-6-9-7-17(16-15-9)11-5-8(13)3-4-10(11)12/h3-5,7,14H,2,6H2,1H3. The molecule has 0 fully saturated rings. The molecule has 0 bridgehead atoms. The molecule has 0 aliphatic rings. The van der Waals surface area contributed by atoms with E-state index in [1.54, 1.807) is 4.68 Å². The van der Waals surface area contributed by atoms with Crippen LogP contribution in [0.25, 0.3) is 5.69 Å². The van der Waals surface area contributed by atoms with Crippen molar-refractivity contribution in [1.82, 2.24) is 20.3 Å². The summed E-state index contributed by atoms with van der Waals surface area (Å²) in [6.07, 6.45) is 1.94.